The molecule has 0 saturated carbocycles. The van der Waals surface area contributed by atoms with Crippen molar-refractivity contribution < 1.29 is 0 Å². The average molecular weight is 275 g/mol. The Labute approximate surface area is 116 Å². The molecule has 0 spiro atoms. The van der Waals surface area contributed by atoms with Crippen molar-refractivity contribution in [2.75, 3.05) is 11.1 Å². The van der Waals surface area contributed by atoms with E-state index in [4.69, 9.17) is 0 Å². The Hall–Kier alpha value is -1.56. The van der Waals surface area contributed by atoms with Gasteiger partial charge in [-0.05, 0) is 47.2 Å². The smallest absolute Gasteiger partial charge is 0.143 e. The van der Waals surface area contributed by atoms with Gasteiger partial charge in [0, 0.05) is 17.0 Å². The summed E-state index contributed by atoms with van der Waals surface area (Å²) < 4.78 is 1.70. The normalized spacial score (nSPS) is 22.6. The lowest BCUT2D eigenvalue weighted by molar-refractivity contribution is 0.723. The fraction of sp³-hybridized carbons (Fsp3) is 0.462. The van der Waals surface area contributed by atoms with Crippen molar-refractivity contribution in [3.63, 3.8) is 0 Å². The van der Waals surface area contributed by atoms with Gasteiger partial charge in [0.1, 0.15) is 6.33 Å². The molecule has 0 aliphatic carbocycles. The van der Waals surface area contributed by atoms with Gasteiger partial charge in [-0.2, -0.15) is 11.8 Å². The quantitative estimate of drug-likeness (QED) is 0.931. The van der Waals surface area contributed by atoms with Gasteiger partial charge in [-0.1, -0.05) is 13.0 Å². The molecule has 1 aromatic heterocycles. The van der Waals surface area contributed by atoms with Crippen LogP contribution in [-0.2, 0) is 0 Å². The summed E-state index contributed by atoms with van der Waals surface area (Å²) >= 11 is 2.03. The first-order valence-corrected chi connectivity index (χ1v) is 7.51. The van der Waals surface area contributed by atoms with Gasteiger partial charge >= 0.3 is 0 Å². The zero-order chi connectivity index (χ0) is 13.2. The maximum absolute atomic E-state index is 3.96. The molecule has 1 aliphatic heterocycles. The van der Waals surface area contributed by atoms with Gasteiger partial charge in [0.05, 0.1) is 5.69 Å². The Bertz CT molecular complexity index is 554. The molecule has 2 unspecified atom stereocenters. The number of aryl methyl sites for hydroxylation is 1. The van der Waals surface area contributed by atoms with Crippen LogP contribution in [0, 0.1) is 6.92 Å². The second-order valence-corrected chi connectivity index (χ2v) is 6.36. The molecule has 19 heavy (non-hydrogen) atoms. The molecule has 1 N–H and O–H groups in total. The van der Waals surface area contributed by atoms with Crippen molar-refractivity contribution in [2.24, 2.45) is 0 Å². The lowest BCUT2D eigenvalue weighted by Crippen LogP contribution is -2.24. The lowest BCUT2D eigenvalue weighted by atomic mass is 10.1. The van der Waals surface area contributed by atoms with Crippen LogP contribution in [-0.4, -0.2) is 37.3 Å². The van der Waals surface area contributed by atoms with Gasteiger partial charge in [-0.15, -0.1) is 5.10 Å². The Balaban J connectivity index is 1.85. The zero-order valence-electron chi connectivity index (χ0n) is 11.1. The van der Waals surface area contributed by atoms with E-state index < -0.39 is 0 Å². The fourth-order valence-corrected chi connectivity index (χ4v) is 3.55. The van der Waals surface area contributed by atoms with E-state index in [-0.39, 0.29) is 0 Å². The molecule has 3 rings (SSSR count). The molecule has 2 heterocycles. The molecule has 2 atom stereocenters. The van der Waals surface area contributed by atoms with Crippen LogP contribution in [0.25, 0.3) is 5.69 Å². The zero-order valence-corrected chi connectivity index (χ0v) is 11.9. The molecule has 1 fully saturated rings. The van der Waals surface area contributed by atoms with Crippen molar-refractivity contribution in [3.8, 4) is 5.69 Å². The maximum atomic E-state index is 3.96. The lowest BCUT2D eigenvalue weighted by Gasteiger charge is -2.19. The number of benzene rings is 1. The first-order valence-electron chi connectivity index (χ1n) is 6.46. The molecule has 0 amide bonds. The van der Waals surface area contributed by atoms with E-state index in [1.807, 2.05) is 11.8 Å². The van der Waals surface area contributed by atoms with Crippen molar-refractivity contribution in [1.82, 2.24) is 20.2 Å². The summed E-state index contributed by atoms with van der Waals surface area (Å²) in [5, 5.41) is 15.6. The fourth-order valence-electron chi connectivity index (χ4n) is 2.35. The first kappa shape index (κ1) is 12.5. The van der Waals surface area contributed by atoms with E-state index in [1.165, 1.54) is 12.2 Å². The first-order chi connectivity index (χ1) is 9.24. The Morgan fingerprint density at radius 1 is 1.42 bits per heavy atom. The third kappa shape index (κ3) is 2.58. The number of anilines is 1. The van der Waals surface area contributed by atoms with Gasteiger partial charge in [0.2, 0.25) is 0 Å². The number of rotatable bonds is 3. The third-order valence-corrected chi connectivity index (χ3v) is 4.86. The molecule has 1 saturated heterocycles. The van der Waals surface area contributed by atoms with Gasteiger partial charge in [0.15, 0.2) is 0 Å². The summed E-state index contributed by atoms with van der Waals surface area (Å²) in [7, 11) is 0. The van der Waals surface area contributed by atoms with E-state index in [2.05, 4.69) is 52.9 Å². The van der Waals surface area contributed by atoms with Gasteiger partial charge < -0.3 is 5.32 Å². The highest BCUT2D eigenvalue weighted by molar-refractivity contribution is 8.00. The van der Waals surface area contributed by atoms with Gasteiger partial charge in [-0.25, -0.2) is 4.68 Å². The van der Waals surface area contributed by atoms with E-state index in [1.54, 1.807) is 11.0 Å². The topological polar surface area (TPSA) is 55.6 Å². The summed E-state index contributed by atoms with van der Waals surface area (Å²) in [6.45, 7) is 4.35. The Morgan fingerprint density at radius 3 is 3.00 bits per heavy atom. The summed E-state index contributed by atoms with van der Waals surface area (Å²) in [5.41, 5.74) is 3.32. The minimum Gasteiger partial charge on any atom is -0.381 e. The van der Waals surface area contributed by atoms with E-state index in [9.17, 15) is 0 Å². The number of thioether (sulfide) groups is 1. The molecule has 0 bridgehead atoms. The summed E-state index contributed by atoms with van der Waals surface area (Å²) in [5.74, 6) is 1.24. The summed E-state index contributed by atoms with van der Waals surface area (Å²) in [4.78, 5) is 0. The number of tetrazole rings is 1. The molecule has 0 radical (unpaired) electrons. The van der Waals surface area contributed by atoms with Gasteiger partial charge in [0.25, 0.3) is 0 Å². The standard InChI is InChI=1S/C13H17N5S/c1-9-3-4-11(15-12-5-6-19-10(12)2)7-13(9)18-8-14-16-17-18/h3-4,7-8,10,12,15H,5-6H2,1-2H3. The van der Waals surface area contributed by atoms with Crippen molar-refractivity contribution in [3.05, 3.63) is 30.1 Å². The summed E-state index contributed by atoms with van der Waals surface area (Å²) in [6.07, 6.45) is 2.85. The second-order valence-electron chi connectivity index (χ2n) is 4.87. The largest absolute Gasteiger partial charge is 0.381 e. The van der Waals surface area contributed by atoms with Gasteiger partial charge in [-0.3, -0.25) is 0 Å². The van der Waals surface area contributed by atoms with Crippen LogP contribution in [0.15, 0.2) is 24.5 Å². The highest BCUT2D eigenvalue weighted by Crippen LogP contribution is 2.29. The second kappa shape index (κ2) is 5.21. The number of aromatic nitrogens is 4. The Kier molecular flexibility index (Phi) is 3.42. The SMILES string of the molecule is Cc1ccc(NC2CCSC2C)cc1-n1cnnn1. The number of nitrogens with one attached hydrogen (secondary N) is 1. The van der Waals surface area contributed by atoms with Crippen LogP contribution in [0.5, 0.6) is 0 Å². The molecule has 1 aliphatic rings. The summed E-state index contributed by atoms with van der Waals surface area (Å²) in [6, 6.07) is 6.89. The minimum atomic E-state index is 0.550. The highest BCUT2D eigenvalue weighted by Gasteiger charge is 2.23. The highest BCUT2D eigenvalue weighted by atomic mass is 32.2. The molecular formula is C13H17N5S. The van der Waals surface area contributed by atoms with Crippen LogP contribution < -0.4 is 5.32 Å². The average Bonchev–Trinajstić information content (AvgIpc) is 3.04. The molecule has 1 aromatic carbocycles. The molecule has 6 heteroatoms. The van der Waals surface area contributed by atoms with E-state index >= 15 is 0 Å². The predicted molar refractivity (Wildman–Crippen MR) is 77.8 cm³/mol. The van der Waals surface area contributed by atoms with Crippen LogP contribution in [0.3, 0.4) is 0 Å². The minimum absolute atomic E-state index is 0.550. The Morgan fingerprint density at radius 2 is 2.32 bits per heavy atom. The third-order valence-electron chi connectivity index (χ3n) is 3.53. The van der Waals surface area contributed by atoms with Crippen LogP contribution in [0.1, 0.15) is 18.9 Å². The van der Waals surface area contributed by atoms with E-state index in [0.29, 0.717) is 11.3 Å². The number of hydrogen-bond donors (Lipinski definition) is 1. The maximum Gasteiger partial charge on any atom is 0.143 e. The monoisotopic (exact) mass is 275 g/mol. The predicted octanol–water partition coefficient (Wildman–Crippen LogP) is 2.28. The molecular weight excluding hydrogens is 258 g/mol. The molecule has 2 aromatic rings. The van der Waals surface area contributed by atoms with Crippen LogP contribution >= 0.6 is 11.8 Å². The van der Waals surface area contributed by atoms with Crippen molar-refractivity contribution in [1.29, 1.82) is 0 Å². The van der Waals surface area contributed by atoms with Crippen LogP contribution in [0.2, 0.25) is 0 Å². The van der Waals surface area contributed by atoms with Crippen LogP contribution in [0.4, 0.5) is 5.69 Å². The number of hydrogen-bond acceptors (Lipinski definition) is 5. The number of nitrogens with zero attached hydrogens (tertiary/aromatic N) is 4. The molecule has 100 valence electrons. The molecule has 5 nitrogen and oxygen atoms in total. The van der Waals surface area contributed by atoms with Crippen molar-refractivity contribution in [2.45, 2.75) is 31.6 Å². The van der Waals surface area contributed by atoms with E-state index in [0.717, 1.165) is 16.9 Å². The van der Waals surface area contributed by atoms with Crippen molar-refractivity contribution >= 4 is 17.4 Å².